The second kappa shape index (κ2) is 15.2. The van der Waals surface area contributed by atoms with E-state index >= 15 is 0 Å². The Morgan fingerprint density at radius 2 is 0.809 bits per heavy atom. The van der Waals surface area contributed by atoms with Crippen LogP contribution in [0, 0.1) is 0 Å². The van der Waals surface area contributed by atoms with E-state index in [4.69, 9.17) is 15.0 Å². The highest BCUT2D eigenvalue weighted by atomic mass is 15.0. The highest BCUT2D eigenvalue weighted by molar-refractivity contribution is 6.21. The van der Waals surface area contributed by atoms with E-state index in [1.54, 1.807) is 0 Å². The quantitative estimate of drug-likeness (QED) is 0.167. The SMILES string of the molecule is c1ccc(-c2cccc(-c3nc(-c4ccccc4)nc(-c4cccc5ccc(-n6c7ccccc7c7cc8ccc(-n9c%10ccccc%10c%10c%11ccccc%11ccc%109)cc8cc76)cc45)n3)c2)cc1. The molecule has 0 saturated carbocycles. The molecule has 0 aliphatic heterocycles. The van der Waals surface area contributed by atoms with Crippen LogP contribution in [-0.4, -0.2) is 24.1 Å². The molecule has 14 rings (SSSR count). The summed E-state index contributed by atoms with van der Waals surface area (Å²) < 4.78 is 4.85. The average Bonchev–Trinajstić information content (AvgIpc) is 3.93. The molecule has 0 N–H and O–H groups in total. The number of fused-ring (bicyclic) bond motifs is 10. The molecule has 0 radical (unpaired) electrons. The lowest BCUT2D eigenvalue weighted by atomic mass is 10.0. The Balaban J connectivity index is 0.953. The minimum absolute atomic E-state index is 0.625. The molecule has 0 saturated heterocycles. The first kappa shape index (κ1) is 38.1. The van der Waals surface area contributed by atoms with Gasteiger partial charge in [0, 0.05) is 49.6 Å². The van der Waals surface area contributed by atoms with Gasteiger partial charge in [-0.15, -0.1) is 0 Å². The molecule has 0 amide bonds. The van der Waals surface area contributed by atoms with Crippen molar-refractivity contribution in [2.45, 2.75) is 0 Å². The molecule has 0 fully saturated rings. The fourth-order valence-electron chi connectivity index (χ4n) is 10.5. The van der Waals surface area contributed by atoms with Crippen LogP contribution in [-0.2, 0) is 0 Å². The maximum atomic E-state index is 5.26. The summed E-state index contributed by atoms with van der Waals surface area (Å²) in [6.07, 6.45) is 0. The Kier molecular flexibility index (Phi) is 8.52. The van der Waals surface area contributed by atoms with Crippen molar-refractivity contribution in [3.05, 3.63) is 237 Å². The van der Waals surface area contributed by atoms with Crippen LogP contribution in [0.3, 0.4) is 0 Å². The summed E-state index contributed by atoms with van der Waals surface area (Å²) in [5.74, 6) is 1.88. The topological polar surface area (TPSA) is 48.5 Å². The zero-order valence-corrected chi connectivity index (χ0v) is 36.8. The monoisotopic (exact) mass is 865 g/mol. The van der Waals surface area contributed by atoms with E-state index in [1.165, 1.54) is 54.1 Å². The molecule has 5 nitrogen and oxygen atoms in total. The van der Waals surface area contributed by atoms with Gasteiger partial charge in [-0.05, 0) is 104 Å². The zero-order valence-electron chi connectivity index (χ0n) is 36.8. The second-order valence-electron chi connectivity index (χ2n) is 17.6. The highest BCUT2D eigenvalue weighted by Gasteiger charge is 2.19. The van der Waals surface area contributed by atoms with Gasteiger partial charge in [0.1, 0.15) is 0 Å². The van der Waals surface area contributed by atoms with Gasteiger partial charge in [-0.3, -0.25) is 0 Å². The molecule has 0 aliphatic carbocycles. The molecule has 68 heavy (non-hydrogen) atoms. The lowest BCUT2D eigenvalue weighted by Gasteiger charge is -2.14. The van der Waals surface area contributed by atoms with Crippen molar-refractivity contribution in [2.75, 3.05) is 0 Å². The maximum absolute atomic E-state index is 5.26. The van der Waals surface area contributed by atoms with Crippen LogP contribution in [0.4, 0.5) is 0 Å². The average molecular weight is 866 g/mol. The molecular formula is C63H39N5. The van der Waals surface area contributed by atoms with Crippen molar-refractivity contribution in [1.82, 2.24) is 24.1 Å². The fourth-order valence-corrected chi connectivity index (χ4v) is 10.5. The number of rotatable bonds is 6. The number of hydrogen-bond acceptors (Lipinski definition) is 3. The molecule has 0 spiro atoms. The van der Waals surface area contributed by atoms with Crippen LogP contribution in [0.5, 0.6) is 0 Å². The van der Waals surface area contributed by atoms with Gasteiger partial charge in [0.25, 0.3) is 0 Å². The molecule has 3 heterocycles. The van der Waals surface area contributed by atoms with Crippen LogP contribution < -0.4 is 0 Å². The third-order valence-electron chi connectivity index (χ3n) is 13.7. The maximum Gasteiger partial charge on any atom is 0.164 e. The lowest BCUT2D eigenvalue weighted by molar-refractivity contribution is 1.08. The number of hydrogen-bond donors (Lipinski definition) is 0. The predicted molar refractivity (Wildman–Crippen MR) is 283 cm³/mol. The van der Waals surface area contributed by atoms with Crippen LogP contribution in [0.2, 0.25) is 0 Å². The summed E-state index contributed by atoms with van der Waals surface area (Å²) in [6.45, 7) is 0. The molecule has 0 aliphatic rings. The largest absolute Gasteiger partial charge is 0.309 e. The first-order valence-corrected chi connectivity index (χ1v) is 23.1. The minimum Gasteiger partial charge on any atom is -0.309 e. The van der Waals surface area contributed by atoms with Crippen LogP contribution in [0.1, 0.15) is 0 Å². The Morgan fingerprint density at radius 1 is 0.250 bits per heavy atom. The van der Waals surface area contributed by atoms with E-state index in [0.717, 1.165) is 61.0 Å². The molecule has 5 heteroatoms. The summed E-state index contributed by atoms with van der Waals surface area (Å²) in [5, 5.41) is 12.0. The number of nitrogens with zero attached hydrogens (tertiary/aromatic N) is 5. The van der Waals surface area contributed by atoms with Crippen molar-refractivity contribution in [1.29, 1.82) is 0 Å². The zero-order chi connectivity index (χ0) is 44.7. The predicted octanol–water partition coefficient (Wildman–Crippen LogP) is 16.2. The Morgan fingerprint density at radius 3 is 1.63 bits per heavy atom. The van der Waals surface area contributed by atoms with Crippen molar-refractivity contribution >= 4 is 75.9 Å². The molecule has 0 unspecified atom stereocenters. The Labute approximate surface area is 391 Å². The molecule has 3 aromatic heterocycles. The van der Waals surface area contributed by atoms with Gasteiger partial charge in [-0.2, -0.15) is 0 Å². The normalized spacial score (nSPS) is 11.8. The summed E-state index contributed by atoms with van der Waals surface area (Å²) in [5.41, 5.74) is 12.0. The molecule has 0 atom stereocenters. The first-order valence-electron chi connectivity index (χ1n) is 23.1. The summed E-state index contributed by atoms with van der Waals surface area (Å²) >= 11 is 0. The van der Waals surface area contributed by atoms with E-state index in [-0.39, 0.29) is 0 Å². The van der Waals surface area contributed by atoms with Crippen molar-refractivity contribution in [2.24, 2.45) is 0 Å². The molecule has 316 valence electrons. The number of para-hydroxylation sites is 2. The second-order valence-corrected chi connectivity index (χ2v) is 17.6. The number of benzene rings is 11. The van der Waals surface area contributed by atoms with Gasteiger partial charge in [0.05, 0.1) is 22.1 Å². The highest BCUT2D eigenvalue weighted by Crippen LogP contribution is 2.40. The number of aromatic nitrogens is 5. The molecular weight excluding hydrogens is 827 g/mol. The molecule has 0 bridgehead atoms. The van der Waals surface area contributed by atoms with Gasteiger partial charge in [0.2, 0.25) is 0 Å². The van der Waals surface area contributed by atoms with Gasteiger partial charge >= 0.3 is 0 Å². The van der Waals surface area contributed by atoms with E-state index < -0.39 is 0 Å². The van der Waals surface area contributed by atoms with Gasteiger partial charge < -0.3 is 9.13 Å². The third-order valence-corrected chi connectivity index (χ3v) is 13.7. The van der Waals surface area contributed by atoms with Crippen LogP contribution in [0.25, 0.3) is 133 Å². The Bertz CT molecular complexity index is 4320. The summed E-state index contributed by atoms with van der Waals surface area (Å²) in [6, 6.07) is 84.7. The fraction of sp³-hybridized carbons (Fsp3) is 0. The van der Waals surface area contributed by atoms with Gasteiger partial charge in [0.15, 0.2) is 17.5 Å². The minimum atomic E-state index is 0.625. The molecule has 11 aromatic carbocycles. The summed E-state index contributed by atoms with van der Waals surface area (Å²) in [4.78, 5) is 15.6. The van der Waals surface area contributed by atoms with E-state index in [0.29, 0.717) is 17.5 Å². The third kappa shape index (κ3) is 6.06. The standard InChI is InChI=1S/C63H39N5/c1-3-15-40(16-4-1)44-21-13-22-46(35-44)62-64-61(43-18-5-2-6-19-43)65-63(66-62)52-26-14-20-42-29-32-49(39-54(42)52)68-56-27-11-9-24-51(56)55-37-45-30-33-48(36-47(45)38-59(55)68)67-57-28-12-10-25-53(57)60-50-23-8-7-17-41(50)31-34-58(60)67/h1-39H. The van der Waals surface area contributed by atoms with E-state index in [2.05, 4.69) is 221 Å². The lowest BCUT2D eigenvalue weighted by Crippen LogP contribution is -2.01. The summed E-state index contributed by atoms with van der Waals surface area (Å²) in [7, 11) is 0. The van der Waals surface area contributed by atoms with Crippen LogP contribution in [0.15, 0.2) is 237 Å². The van der Waals surface area contributed by atoms with Crippen molar-refractivity contribution in [3.8, 4) is 56.7 Å². The van der Waals surface area contributed by atoms with E-state index in [9.17, 15) is 0 Å². The van der Waals surface area contributed by atoms with Crippen molar-refractivity contribution < 1.29 is 0 Å². The van der Waals surface area contributed by atoms with Crippen molar-refractivity contribution in [3.63, 3.8) is 0 Å². The first-order chi connectivity index (χ1) is 33.7. The Hall–Kier alpha value is -9.19. The van der Waals surface area contributed by atoms with Crippen LogP contribution >= 0.6 is 0 Å². The molecule has 14 aromatic rings. The van der Waals surface area contributed by atoms with Gasteiger partial charge in [-0.1, -0.05) is 176 Å². The van der Waals surface area contributed by atoms with E-state index in [1.807, 2.05) is 24.3 Å². The smallest absolute Gasteiger partial charge is 0.164 e. The van der Waals surface area contributed by atoms with Gasteiger partial charge in [-0.25, -0.2) is 15.0 Å².